The van der Waals surface area contributed by atoms with Crippen LogP contribution >= 0.6 is 0 Å². The van der Waals surface area contributed by atoms with Crippen LogP contribution in [0.3, 0.4) is 0 Å². The summed E-state index contributed by atoms with van der Waals surface area (Å²) >= 11 is 0. The Bertz CT molecular complexity index is 54.5. The summed E-state index contributed by atoms with van der Waals surface area (Å²) in [6, 6.07) is 0. The molecule has 8 heavy (non-hydrogen) atoms. The van der Waals surface area contributed by atoms with Gasteiger partial charge in [-0.15, -0.1) is 0 Å². The maximum absolute atomic E-state index is 8.63. The first-order chi connectivity index (χ1) is 3.66. The molecule has 0 rings (SSSR count). The molecule has 0 aromatic carbocycles. The molecule has 0 amide bonds. The number of nitrogens with two attached hydrogens (primary N) is 1. The fourth-order valence-electron chi connectivity index (χ4n) is 0.579. The molecule has 0 fully saturated rings. The van der Waals surface area contributed by atoms with Crippen molar-refractivity contribution in [2.45, 2.75) is 32.9 Å². The SMILES string of the molecule is CC[C@@H](C)C[C@@H](N)O. The third-order valence-electron chi connectivity index (χ3n) is 1.34. The van der Waals surface area contributed by atoms with Crippen molar-refractivity contribution in [3.8, 4) is 0 Å². The monoisotopic (exact) mass is 117 g/mol. The minimum absolute atomic E-state index is 0.551. The van der Waals surface area contributed by atoms with E-state index < -0.39 is 6.23 Å². The highest BCUT2D eigenvalue weighted by Gasteiger charge is 2.01. The Kier molecular flexibility index (Phi) is 3.83. The van der Waals surface area contributed by atoms with E-state index in [1.807, 2.05) is 0 Å². The van der Waals surface area contributed by atoms with E-state index in [0.29, 0.717) is 5.92 Å². The van der Waals surface area contributed by atoms with Crippen molar-refractivity contribution < 1.29 is 5.11 Å². The van der Waals surface area contributed by atoms with Gasteiger partial charge in [-0.2, -0.15) is 0 Å². The number of hydrogen-bond donors (Lipinski definition) is 2. The largest absolute Gasteiger partial charge is 0.379 e. The number of aliphatic hydroxyl groups is 1. The maximum atomic E-state index is 8.63. The molecule has 2 atom stereocenters. The Hall–Kier alpha value is -0.0800. The number of rotatable bonds is 3. The molecule has 50 valence electrons. The Morgan fingerprint density at radius 3 is 2.25 bits per heavy atom. The van der Waals surface area contributed by atoms with E-state index in [4.69, 9.17) is 10.8 Å². The summed E-state index contributed by atoms with van der Waals surface area (Å²) in [6.45, 7) is 4.17. The van der Waals surface area contributed by atoms with Crippen LogP contribution in [0.4, 0.5) is 0 Å². The molecular weight excluding hydrogens is 102 g/mol. The van der Waals surface area contributed by atoms with Crippen LogP contribution in [0.25, 0.3) is 0 Å². The molecule has 0 saturated carbocycles. The van der Waals surface area contributed by atoms with Crippen LogP contribution in [0.2, 0.25) is 0 Å². The highest BCUT2D eigenvalue weighted by Crippen LogP contribution is 2.06. The first kappa shape index (κ1) is 7.92. The lowest BCUT2D eigenvalue weighted by molar-refractivity contribution is 0.151. The van der Waals surface area contributed by atoms with Crippen LogP contribution in [-0.2, 0) is 0 Å². The van der Waals surface area contributed by atoms with Crippen LogP contribution < -0.4 is 5.73 Å². The van der Waals surface area contributed by atoms with E-state index in [2.05, 4.69) is 13.8 Å². The molecule has 0 radical (unpaired) electrons. The lowest BCUT2D eigenvalue weighted by atomic mass is 10.1. The van der Waals surface area contributed by atoms with Crippen molar-refractivity contribution in [2.75, 3.05) is 0 Å². The van der Waals surface area contributed by atoms with Gasteiger partial charge in [0.15, 0.2) is 0 Å². The zero-order valence-electron chi connectivity index (χ0n) is 5.59. The van der Waals surface area contributed by atoms with Gasteiger partial charge in [-0.3, -0.25) is 0 Å². The van der Waals surface area contributed by atoms with Crippen molar-refractivity contribution in [2.24, 2.45) is 11.7 Å². The summed E-state index contributed by atoms with van der Waals surface area (Å²) < 4.78 is 0. The van der Waals surface area contributed by atoms with E-state index in [9.17, 15) is 0 Å². The Balaban J connectivity index is 3.10. The van der Waals surface area contributed by atoms with E-state index in [1.54, 1.807) is 0 Å². The second-order valence-electron chi connectivity index (χ2n) is 2.32. The molecule has 0 bridgehead atoms. The number of hydrogen-bond acceptors (Lipinski definition) is 2. The van der Waals surface area contributed by atoms with E-state index in [0.717, 1.165) is 12.8 Å². The Morgan fingerprint density at radius 2 is 2.12 bits per heavy atom. The fraction of sp³-hybridized carbons (Fsp3) is 1.00. The summed E-state index contributed by atoms with van der Waals surface area (Å²) in [4.78, 5) is 0. The Labute approximate surface area is 50.7 Å². The second-order valence-corrected chi connectivity index (χ2v) is 2.32. The van der Waals surface area contributed by atoms with Crippen molar-refractivity contribution in [1.82, 2.24) is 0 Å². The van der Waals surface area contributed by atoms with Crippen LogP contribution in [0.1, 0.15) is 26.7 Å². The first-order valence-corrected chi connectivity index (χ1v) is 3.10. The van der Waals surface area contributed by atoms with Gasteiger partial charge in [0.25, 0.3) is 0 Å². The third kappa shape index (κ3) is 4.09. The van der Waals surface area contributed by atoms with Gasteiger partial charge in [0.05, 0.1) is 0 Å². The Morgan fingerprint density at radius 1 is 1.62 bits per heavy atom. The van der Waals surface area contributed by atoms with Gasteiger partial charge in [-0.1, -0.05) is 20.3 Å². The molecule has 0 aliphatic rings. The highest BCUT2D eigenvalue weighted by atomic mass is 16.3. The molecule has 0 saturated heterocycles. The van der Waals surface area contributed by atoms with Gasteiger partial charge >= 0.3 is 0 Å². The summed E-state index contributed by atoms with van der Waals surface area (Å²) in [5.74, 6) is 0.551. The molecule has 2 heteroatoms. The molecular formula is C6H15NO. The van der Waals surface area contributed by atoms with E-state index in [-0.39, 0.29) is 0 Å². The van der Waals surface area contributed by atoms with Crippen LogP contribution in [0.15, 0.2) is 0 Å². The number of aliphatic hydroxyl groups excluding tert-OH is 1. The quantitative estimate of drug-likeness (QED) is 0.534. The molecule has 0 unspecified atom stereocenters. The van der Waals surface area contributed by atoms with Gasteiger partial charge in [0.1, 0.15) is 6.23 Å². The van der Waals surface area contributed by atoms with Crippen molar-refractivity contribution in [3.63, 3.8) is 0 Å². The summed E-state index contributed by atoms with van der Waals surface area (Å²) in [6.07, 6.45) is 1.19. The summed E-state index contributed by atoms with van der Waals surface area (Å²) in [7, 11) is 0. The lowest BCUT2D eigenvalue weighted by Gasteiger charge is -2.08. The molecule has 0 heterocycles. The smallest absolute Gasteiger partial charge is 0.102 e. The van der Waals surface area contributed by atoms with Gasteiger partial charge in [0.2, 0.25) is 0 Å². The van der Waals surface area contributed by atoms with Gasteiger partial charge in [-0.05, 0) is 12.3 Å². The van der Waals surface area contributed by atoms with Crippen molar-refractivity contribution >= 4 is 0 Å². The molecule has 3 N–H and O–H groups in total. The minimum atomic E-state index is -0.620. The molecule has 0 aliphatic heterocycles. The minimum Gasteiger partial charge on any atom is -0.379 e. The lowest BCUT2D eigenvalue weighted by Crippen LogP contribution is -2.21. The normalized spacial score (nSPS) is 18.0. The molecule has 0 aromatic rings. The fourth-order valence-corrected chi connectivity index (χ4v) is 0.579. The average Bonchev–Trinajstić information content (AvgIpc) is 1.65. The zero-order valence-corrected chi connectivity index (χ0v) is 5.59. The predicted molar refractivity (Wildman–Crippen MR) is 34.3 cm³/mol. The third-order valence-corrected chi connectivity index (χ3v) is 1.34. The van der Waals surface area contributed by atoms with Crippen molar-refractivity contribution in [3.05, 3.63) is 0 Å². The van der Waals surface area contributed by atoms with Crippen LogP contribution in [0.5, 0.6) is 0 Å². The molecule has 2 nitrogen and oxygen atoms in total. The maximum Gasteiger partial charge on any atom is 0.102 e. The van der Waals surface area contributed by atoms with Crippen molar-refractivity contribution in [1.29, 1.82) is 0 Å². The standard InChI is InChI=1S/C6H15NO/c1-3-5(2)4-6(7)8/h5-6,8H,3-4,7H2,1-2H3/t5-,6+/m1/s1. The first-order valence-electron chi connectivity index (χ1n) is 3.10. The second kappa shape index (κ2) is 3.87. The molecule has 0 aliphatic carbocycles. The zero-order chi connectivity index (χ0) is 6.57. The van der Waals surface area contributed by atoms with Crippen LogP contribution in [0, 0.1) is 5.92 Å². The average molecular weight is 117 g/mol. The molecule has 0 aromatic heterocycles. The highest BCUT2D eigenvalue weighted by molar-refractivity contribution is 4.52. The molecule has 0 spiro atoms. The van der Waals surface area contributed by atoms with Gasteiger partial charge < -0.3 is 10.8 Å². The van der Waals surface area contributed by atoms with E-state index >= 15 is 0 Å². The van der Waals surface area contributed by atoms with Crippen LogP contribution in [-0.4, -0.2) is 11.3 Å². The summed E-state index contributed by atoms with van der Waals surface area (Å²) in [5.41, 5.74) is 5.12. The van der Waals surface area contributed by atoms with Gasteiger partial charge in [-0.25, -0.2) is 0 Å². The van der Waals surface area contributed by atoms with Gasteiger partial charge in [0, 0.05) is 0 Å². The summed E-state index contributed by atoms with van der Waals surface area (Å²) in [5, 5.41) is 8.63. The van der Waals surface area contributed by atoms with E-state index in [1.165, 1.54) is 0 Å². The predicted octanol–water partition coefficient (Wildman–Crippen LogP) is 0.700. The topological polar surface area (TPSA) is 46.2 Å².